The lowest BCUT2D eigenvalue weighted by Crippen LogP contribution is -2.13. The lowest BCUT2D eigenvalue weighted by Gasteiger charge is -2.29. The van der Waals surface area contributed by atoms with Crippen LogP contribution in [0.5, 0.6) is 0 Å². The largest absolute Gasteiger partial charge is 0.478 e. The number of unbranched alkanes of at least 4 members (excludes halogenated alkanes) is 2. The van der Waals surface area contributed by atoms with Crippen molar-refractivity contribution >= 4 is 12.0 Å². The van der Waals surface area contributed by atoms with Crippen molar-refractivity contribution in [2.45, 2.75) is 77.6 Å². The quantitative estimate of drug-likeness (QED) is 0.456. The Morgan fingerprint density at radius 3 is 2.37 bits per heavy atom. The Kier molecular flexibility index (Phi) is 8.30. The molecule has 0 bridgehead atoms. The average Bonchev–Trinajstić information content (AvgIpc) is 2.78. The predicted molar refractivity (Wildman–Crippen MR) is 127 cm³/mol. The minimum atomic E-state index is -0.872. The fourth-order valence-electron chi connectivity index (χ4n) is 4.69. The number of allylic oxidation sites excluding steroid dienone is 1. The van der Waals surface area contributed by atoms with Crippen LogP contribution in [0.4, 0.5) is 0 Å². The van der Waals surface area contributed by atoms with E-state index in [9.17, 15) is 9.90 Å². The Balaban J connectivity index is 1.75. The maximum absolute atomic E-state index is 11.8. The van der Waals surface area contributed by atoms with E-state index in [2.05, 4.69) is 50.3 Å². The van der Waals surface area contributed by atoms with Crippen LogP contribution in [-0.2, 0) is 0 Å². The van der Waals surface area contributed by atoms with Crippen molar-refractivity contribution in [3.63, 3.8) is 0 Å². The lowest BCUT2D eigenvalue weighted by molar-refractivity contribution is 0.0697. The topological polar surface area (TPSA) is 37.3 Å². The van der Waals surface area contributed by atoms with Gasteiger partial charge in [-0.2, -0.15) is 0 Å². The molecule has 0 radical (unpaired) electrons. The van der Waals surface area contributed by atoms with E-state index in [-0.39, 0.29) is 0 Å². The Morgan fingerprint density at radius 1 is 1.00 bits per heavy atom. The van der Waals surface area contributed by atoms with E-state index in [4.69, 9.17) is 0 Å². The summed E-state index contributed by atoms with van der Waals surface area (Å²) in [5.74, 6) is 0.699. The summed E-state index contributed by atoms with van der Waals surface area (Å²) in [5.41, 5.74) is 4.61. The zero-order valence-electron chi connectivity index (χ0n) is 18.6. The zero-order valence-corrected chi connectivity index (χ0v) is 18.6. The molecule has 2 aromatic carbocycles. The number of benzene rings is 2. The van der Waals surface area contributed by atoms with Gasteiger partial charge < -0.3 is 5.11 Å². The molecule has 1 fully saturated rings. The first-order chi connectivity index (χ1) is 14.6. The molecule has 0 aliphatic heterocycles. The minimum Gasteiger partial charge on any atom is -0.478 e. The number of hydrogen-bond donors (Lipinski definition) is 1. The number of carboxylic acids is 1. The van der Waals surface area contributed by atoms with Crippen molar-refractivity contribution in [1.82, 2.24) is 0 Å². The second-order valence-electron chi connectivity index (χ2n) is 8.78. The van der Waals surface area contributed by atoms with E-state index >= 15 is 0 Å². The van der Waals surface area contributed by atoms with Crippen LogP contribution >= 0.6 is 0 Å². The van der Waals surface area contributed by atoms with Gasteiger partial charge in [0.2, 0.25) is 0 Å². The molecule has 30 heavy (non-hydrogen) atoms. The minimum absolute atomic E-state index is 0.367. The Bertz CT molecular complexity index is 839. The van der Waals surface area contributed by atoms with Gasteiger partial charge in [0, 0.05) is 0 Å². The van der Waals surface area contributed by atoms with Crippen LogP contribution < -0.4 is 0 Å². The molecule has 0 atom stereocenters. The molecular weight excluding hydrogens is 368 g/mol. The second-order valence-corrected chi connectivity index (χ2v) is 8.78. The van der Waals surface area contributed by atoms with E-state index in [1.165, 1.54) is 50.5 Å². The Hall–Kier alpha value is -2.35. The molecule has 3 rings (SSSR count). The maximum Gasteiger partial charge on any atom is 0.336 e. The highest BCUT2D eigenvalue weighted by Gasteiger charge is 2.22. The lowest BCUT2D eigenvalue weighted by atomic mass is 9.77. The van der Waals surface area contributed by atoms with Crippen molar-refractivity contribution in [2.75, 3.05) is 0 Å². The molecule has 0 aromatic heterocycles. The average molecular weight is 405 g/mol. The van der Waals surface area contributed by atoms with Gasteiger partial charge in [-0.25, -0.2) is 4.79 Å². The zero-order chi connectivity index (χ0) is 21.3. The van der Waals surface area contributed by atoms with Gasteiger partial charge in [-0.15, -0.1) is 0 Å². The summed E-state index contributed by atoms with van der Waals surface area (Å²) in [7, 11) is 0. The third kappa shape index (κ3) is 5.84. The first kappa shape index (κ1) is 22.3. The molecule has 0 amide bonds. The van der Waals surface area contributed by atoms with Gasteiger partial charge in [-0.1, -0.05) is 82.0 Å². The number of rotatable bonds is 9. The maximum atomic E-state index is 11.8. The summed E-state index contributed by atoms with van der Waals surface area (Å²) in [6.07, 6.45) is 15.7. The van der Waals surface area contributed by atoms with Crippen LogP contribution in [-0.4, -0.2) is 11.1 Å². The Labute approximate surface area is 182 Å². The van der Waals surface area contributed by atoms with Gasteiger partial charge >= 0.3 is 5.97 Å². The molecule has 1 aliphatic rings. The van der Waals surface area contributed by atoms with Crippen LogP contribution in [0.2, 0.25) is 0 Å². The van der Waals surface area contributed by atoms with Crippen LogP contribution in [0.3, 0.4) is 0 Å². The number of carboxylic acid groups (broad SMARTS) is 1. The first-order valence-corrected chi connectivity index (χ1v) is 11.8. The third-order valence-corrected chi connectivity index (χ3v) is 6.55. The molecule has 2 aromatic rings. The molecule has 1 aliphatic carbocycles. The molecule has 2 heteroatoms. The number of hydrogen-bond acceptors (Lipinski definition) is 1. The monoisotopic (exact) mass is 404 g/mol. The van der Waals surface area contributed by atoms with E-state index in [0.29, 0.717) is 11.5 Å². The molecule has 0 unspecified atom stereocenters. The van der Waals surface area contributed by atoms with E-state index in [1.54, 1.807) is 6.07 Å². The number of carbonyl (C=O) groups is 1. The molecule has 0 heterocycles. The fourth-order valence-corrected chi connectivity index (χ4v) is 4.69. The van der Waals surface area contributed by atoms with Crippen LogP contribution in [0, 0.1) is 5.92 Å². The molecule has 0 spiro atoms. The molecule has 2 nitrogen and oxygen atoms in total. The van der Waals surface area contributed by atoms with Crippen LogP contribution in [0.25, 0.3) is 17.2 Å². The van der Waals surface area contributed by atoms with Crippen molar-refractivity contribution in [3.05, 3.63) is 65.2 Å². The van der Waals surface area contributed by atoms with Crippen molar-refractivity contribution in [2.24, 2.45) is 5.92 Å². The SMILES string of the molecule is CCCC=Cc1ccc(C(=O)O)c(-c2ccc(C3CCC(CCCC)CC3)cc2)c1. The van der Waals surface area contributed by atoms with Gasteiger partial charge in [-0.05, 0) is 78.3 Å². The smallest absolute Gasteiger partial charge is 0.336 e. The summed E-state index contributed by atoms with van der Waals surface area (Å²) in [6.45, 7) is 4.43. The number of aromatic carboxylic acids is 1. The molecule has 1 saturated carbocycles. The van der Waals surface area contributed by atoms with Crippen LogP contribution in [0.1, 0.15) is 99.0 Å². The van der Waals surface area contributed by atoms with Crippen LogP contribution in [0.15, 0.2) is 48.5 Å². The normalized spacial score (nSPS) is 19.3. The third-order valence-electron chi connectivity index (χ3n) is 6.55. The summed E-state index contributed by atoms with van der Waals surface area (Å²) in [4.78, 5) is 11.8. The summed E-state index contributed by atoms with van der Waals surface area (Å²) in [5, 5.41) is 9.66. The van der Waals surface area contributed by atoms with Gasteiger partial charge in [0.25, 0.3) is 0 Å². The van der Waals surface area contributed by atoms with Gasteiger partial charge in [0.05, 0.1) is 5.56 Å². The molecular formula is C28H36O2. The summed E-state index contributed by atoms with van der Waals surface area (Å²) in [6, 6.07) is 14.3. The van der Waals surface area contributed by atoms with E-state index in [0.717, 1.165) is 35.4 Å². The van der Waals surface area contributed by atoms with Crippen molar-refractivity contribution < 1.29 is 9.90 Å². The highest BCUT2D eigenvalue weighted by molar-refractivity contribution is 5.96. The first-order valence-electron chi connectivity index (χ1n) is 11.8. The highest BCUT2D eigenvalue weighted by Crippen LogP contribution is 2.38. The van der Waals surface area contributed by atoms with E-state index in [1.807, 2.05) is 12.1 Å². The highest BCUT2D eigenvalue weighted by atomic mass is 16.4. The standard InChI is InChI=1S/C28H36O2/c1-3-5-7-9-22-12-19-26(28(29)30)27(20-22)25-17-15-24(16-18-25)23-13-10-21(11-14-23)8-6-4-2/h7,9,12,15-21,23H,3-6,8,10-11,13-14H2,1-2H3,(H,29,30). The molecule has 160 valence electrons. The Morgan fingerprint density at radius 2 is 1.73 bits per heavy atom. The summed E-state index contributed by atoms with van der Waals surface area (Å²) < 4.78 is 0. The predicted octanol–water partition coefficient (Wildman–Crippen LogP) is 8.33. The fraction of sp³-hybridized carbons (Fsp3) is 0.464. The second kappa shape index (κ2) is 11.2. The van der Waals surface area contributed by atoms with Crippen molar-refractivity contribution in [3.8, 4) is 11.1 Å². The van der Waals surface area contributed by atoms with Gasteiger partial charge in [0.15, 0.2) is 0 Å². The summed E-state index contributed by atoms with van der Waals surface area (Å²) >= 11 is 0. The molecule has 1 N–H and O–H groups in total. The van der Waals surface area contributed by atoms with Gasteiger partial charge in [0.1, 0.15) is 0 Å². The van der Waals surface area contributed by atoms with E-state index < -0.39 is 5.97 Å². The van der Waals surface area contributed by atoms with Gasteiger partial charge in [-0.3, -0.25) is 0 Å². The molecule has 0 saturated heterocycles. The van der Waals surface area contributed by atoms with Crippen molar-refractivity contribution in [1.29, 1.82) is 0 Å².